The topological polar surface area (TPSA) is 3.24 Å². The summed E-state index contributed by atoms with van der Waals surface area (Å²) in [5.74, 6) is 0. The molecule has 1 nitrogen and oxygen atoms in total. The number of rotatable bonds is 6. The summed E-state index contributed by atoms with van der Waals surface area (Å²) in [6.45, 7) is 10.7. The largest absolute Gasteiger partial charge is 0.326 e. The molecular formula is C8H19NSi. The molecule has 0 amide bonds. The average molecular weight is 157 g/mol. The van der Waals surface area contributed by atoms with E-state index in [1.807, 2.05) is 0 Å². The van der Waals surface area contributed by atoms with Crippen LogP contribution in [0.4, 0.5) is 0 Å². The molecule has 0 saturated heterocycles. The monoisotopic (exact) mass is 157 g/mol. The summed E-state index contributed by atoms with van der Waals surface area (Å²) in [4.78, 5) is 0. The minimum absolute atomic E-state index is 0.0874. The first-order chi connectivity index (χ1) is 4.85. The minimum Gasteiger partial charge on any atom is -0.326 e. The second-order valence-electron chi connectivity index (χ2n) is 2.54. The molecule has 0 fully saturated rings. The van der Waals surface area contributed by atoms with Crippen LogP contribution in [-0.4, -0.2) is 27.3 Å². The van der Waals surface area contributed by atoms with Crippen LogP contribution in [0.1, 0.15) is 26.7 Å². The summed E-state index contributed by atoms with van der Waals surface area (Å²) in [6.07, 6.45) is 2.65. The van der Waals surface area contributed by atoms with Crippen LogP contribution >= 0.6 is 0 Å². The summed E-state index contributed by atoms with van der Waals surface area (Å²) >= 11 is 0. The third-order valence-electron chi connectivity index (χ3n) is 1.66. The molecule has 0 rings (SSSR count). The van der Waals surface area contributed by atoms with Crippen molar-refractivity contribution in [3.05, 3.63) is 12.3 Å². The Bertz CT molecular complexity index is 83.3. The minimum atomic E-state index is -0.0874. The Morgan fingerprint density at radius 2 is 2.20 bits per heavy atom. The van der Waals surface area contributed by atoms with Crippen LogP contribution in [-0.2, 0) is 0 Å². The second-order valence-corrected chi connectivity index (χ2v) is 4.37. The van der Waals surface area contributed by atoms with Gasteiger partial charge in [0.15, 0.2) is 0 Å². The summed E-state index contributed by atoms with van der Waals surface area (Å²) in [5, 5.41) is 0. The lowest BCUT2D eigenvalue weighted by Crippen LogP contribution is -2.27. The zero-order valence-corrected chi connectivity index (χ0v) is 8.68. The molecule has 0 aromatic carbocycles. The van der Waals surface area contributed by atoms with Crippen molar-refractivity contribution in [2.45, 2.75) is 26.7 Å². The maximum atomic E-state index is 3.78. The molecule has 0 aliphatic rings. The van der Waals surface area contributed by atoms with Gasteiger partial charge in [-0.25, -0.2) is 0 Å². The van der Waals surface area contributed by atoms with Gasteiger partial charge < -0.3 is 4.57 Å². The molecule has 0 heterocycles. The first kappa shape index (κ1) is 9.92. The molecule has 0 aromatic heterocycles. The smallest absolute Gasteiger partial charge is 0.119 e. The van der Waals surface area contributed by atoms with Crippen molar-refractivity contribution in [3.63, 3.8) is 0 Å². The number of unbranched alkanes of at least 4 members (excludes halogenated alkanes) is 1. The van der Waals surface area contributed by atoms with Gasteiger partial charge in [0.2, 0.25) is 0 Å². The second kappa shape index (κ2) is 7.03. The number of hydrogen-bond donors (Lipinski definition) is 0. The fraction of sp³-hybridized carbons (Fsp3) is 0.750. The van der Waals surface area contributed by atoms with Crippen LogP contribution in [0, 0.1) is 0 Å². The van der Waals surface area contributed by atoms with Crippen molar-refractivity contribution in [1.29, 1.82) is 0 Å². The van der Waals surface area contributed by atoms with E-state index < -0.39 is 0 Å². The molecule has 0 aliphatic carbocycles. The number of hydrogen-bond acceptors (Lipinski definition) is 1. The Hall–Kier alpha value is -0.0831. The van der Waals surface area contributed by atoms with Gasteiger partial charge in [0.25, 0.3) is 0 Å². The first-order valence-electron chi connectivity index (χ1n) is 4.18. The highest BCUT2D eigenvalue weighted by molar-refractivity contribution is 6.38. The summed E-state index contributed by atoms with van der Waals surface area (Å²) < 4.78 is 2.54. The van der Waals surface area contributed by atoms with Gasteiger partial charge in [-0.15, -0.1) is 6.58 Å². The summed E-state index contributed by atoms with van der Waals surface area (Å²) in [5.41, 5.74) is 2.11. The lowest BCUT2D eigenvalue weighted by atomic mass is 10.3. The molecule has 0 saturated carbocycles. The van der Waals surface area contributed by atoms with Gasteiger partial charge in [0.05, 0.1) is 0 Å². The van der Waals surface area contributed by atoms with Crippen LogP contribution in [0.2, 0.25) is 0 Å². The maximum absolute atomic E-state index is 3.78. The molecule has 60 valence electrons. The molecule has 0 aromatic rings. The van der Waals surface area contributed by atoms with Crippen molar-refractivity contribution in [3.8, 4) is 0 Å². The molecule has 0 unspecified atom stereocenters. The normalized spacial score (nSPS) is 11.5. The Morgan fingerprint density at radius 1 is 1.50 bits per heavy atom. The van der Waals surface area contributed by atoms with Gasteiger partial charge >= 0.3 is 0 Å². The van der Waals surface area contributed by atoms with E-state index in [0.717, 1.165) is 0 Å². The van der Waals surface area contributed by atoms with Crippen LogP contribution in [0.3, 0.4) is 0 Å². The average Bonchev–Trinajstić information content (AvgIpc) is 1.98. The van der Waals surface area contributed by atoms with Crippen molar-refractivity contribution >= 4 is 9.68 Å². The fourth-order valence-electron chi connectivity index (χ4n) is 0.943. The molecule has 10 heavy (non-hydrogen) atoms. The van der Waals surface area contributed by atoms with E-state index in [0.29, 0.717) is 0 Å². The Kier molecular flexibility index (Phi) is 6.97. The summed E-state index contributed by atoms with van der Waals surface area (Å²) in [6, 6.07) is 0. The molecule has 0 radical (unpaired) electrons. The van der Waals surface area contributed by atoms with E-state index in [1.165, 1.54) is 25.9 Å². The lowest BCUT2D eigenvalue weighted by Gasteiger charge is -2.16. The molecule has 0 atom stereocenters. The SMILES string of the molecule is C=C[SiH2]N(CC)CCCC. The van der Waals surface area contributed by atoms with Crippen LogP contribution < -0.4 is 0 Å². The highest BCUT2D eigenvalue weighted by atomic mass is 28.2. The maximum Gasteiger partial charge on any atom is 0.119 e. The molecule has 0 spiro atoms. The van der Waals surface area contributed by atoms with Crippen molar-refractivity contribution in [2.24, 2.45) is 0 Å². The summed E-state index contributed by atoms with van der Waals surface area (Å²) in [7, 11) is -0.0874. The van der Waals surface area contributed by atoms with Crippen molar-refractivity contribution < 1.29 is 0 Å². The van der Waals surface area contributed by atoms with Gasteiger partial charge in [-0.05, 0) is 19.5 Å². The Labute approximate surface area is 67.0 Å². The van der Waals surface area contributed by atoms with Gasteiger partial charge in [-0.3, -0.25) is 0 Å². The molecule has 0 aliphatic heterocycles. The van der Waals surface area contributed by atoms with Crippen molar-refractivity contribution in [2.75, 3.05) is 13.1 Å². The fourth-order valence-corrected chi connectivity index (χ4v) is 1.97. The zero-order chi connectivity index (χ0) is 7.82. The van der Waals surface area contributed by atoms with Gasteiger partial charge in [-0.1, -0.05) is 26.0 Å². The first-order valence-corrected chi connectivity index (χ1v) is 5.63. The predicted octanol–water partition coefficient (Wildman–Crippen LogP) is 1.34. The predicted molar refractivity (Wildman–Crippen MR) is 50.9 cm³/mol. The van der Waals surface area contributed by atoms with E-state index in [-0.39, 0.29) is 9.68 Å². The van der Waals surface area contributed by atoms with Gasteiger partial charge in [0.1, 0.15) is 9.68 Å². The van der Waals surface area contributed by atoms with Crippen LogP contribution in [0.25, 0.3) is 0 Å². The molecule has 0 N–H and O–H groups in total. The highest BCUT2D eigenvalue weighted by Gasteiger charge is 1.96. The molecular weight excluding hydrogens is 138 g/mol. The molecule has 2 heteroatoms. The van der Waals surface area contributed by atoms with E-state index in [1.54, 1.807) is 0 Å². The Morgan fingerprint density at radius 3 is 2.60 bits per heavy atom. The van der Waals surface area contributed by atoms with E-state index >= 15 is 0 Å². The quantitative estimate of drug-likeness (QED) is 0.526. The van der Waals surface area contributed by atoms with Crippen molar-refractivity contribution in [1.82, 2.24) is 4.57 Å². The zero-order valence-electron chi connectivity index (χ0n) is 7.27. The lowest BCUT2D eigenvalue weighted by molar-refractivity contribution is 0.456. The Balaban J connectivity index is 3.29. The van der Waals surface area contributed by atoms with Crippen LogP contribution in [0.15, 0.2) is 12.3 Å². The third kappa shape index (κ3) is 4.76. The van der Waals surface area contributed by atoms with Gasteiger partial charge in [-0.2, -0.15) is 0 Å². The van der Waals surface area contributed by atoms with Gasteiger partial charge in [0, 0.05) is 0 Å². The third-order valence-corrected chi connectivity index (χ3v) is 3.20. The standard InChI is InChI=1S/C8H19NSi/c1-4-7-8-9(5-2)10-6-3/h6H,3-5,7-8,10H2,1-2H3. The van der Waals surface area contributed by atoms with E-state index in [2.05, 4.69) is 30.7 Å². The van der Waals surface area contributed by atoms with E-state index in [4.69, 9.17) is 0 Å². The van der Waals surface area contributed by atoms with Crippen LogP contribution in [0.5, 0.6) is 0 Å². The number of nitrogens with zero attached hydrogens (tertiary/aromatic N) is 1. The molecule has 0 bridgehead atoms. The van der Waals surface area contributed by atoms with E-state index in [9.17, 15) is 0 Å². The highest BCUT2D eigenvalue weighted by Crippen LogP contribution is 1.92.